The fourth-order valence-electron chi connectivity index (χ4n) is 2.44. The van der Waals surface area contributed by atoms with Gasteiger partial charge < -0.3 is 14.8 Å². The van der Waals surface area contributed by atoms with Gasteiger partial charge in [0.1, 0.15) is 11.8 Å². The van der Waals surface area contributed by atoms with Crippen LogP contribution in [-0.4, -0.2) is 40.9 Å². The number of aromatic nitrogens is 4. The molecule has 0 aliphatic rings. The van der Waals surface area contributed by atoms with Crippen LogP contribution in [0, 0.1) is 6.92 Å². The number of hydrogen-bond acceptors (Lipinski definition) is 6. The highest BCUT2D eigenvalue weighted by Crippen LogP contribution is 2.27. The number of methoxy groups -OCH3 is 2. The summed E-state index contributed by atoms with van der Waals surface area (Å²) in [6.07, 6.45) is 2.37. The smallest absolute Gasteiger partial charge is 0.160 e. The first kappa shape index (κ1) is 15.1. The highest BCUT2D eigenvalue weighted by molar-refractivity contribution is 5.86. The lowest BCUT2D eigenvalue weighted by Gasteiger charge is -2.10. The average Bonchev–Trinajstić information content (AvgIpc) is 2.97. The predicted octanol–water partition coefficient (Wildman–Crippen LogP) is 2.33. The molecule has 2 N–H and O–H groups in total. The number of hydrogen-bond donors (Lipinski definition) is 2. The minimum absolute atomic E-state index is 0.730. The van der Waals surface area contributed by atoms with Crippen LogP contribution in [0.1, 0.15) is 11.3 Å². The fourth-order valence-corrected chi connectivity index (χ4v) is 2.44. The van der Waals surface area contributed by atoms with Crippen LogP contribution in [0.2, 0.25) is 0 Å². The second kappa shape index (κ2) is 6.51. The monoisotopic (exact) mass is 313 g/mol. The Kier molecular flexibility index (Phi) is 4.27. The molecule has 2 aromatic heterocycles. The van der Waals surface area contributed by atoms with Crippen LogP contribution < -0.4 is 14.8 Å². The van der Waals surface area contributed by atoms with Gasteiger partial charge in [-0.15, -0.1) is 0 Å². The zero-order valence-electron chi connectivity index (χ0n) is 13.4. The van der Waals surface area contributed by atoms with E-state index in [2.05, 4.69) is 25.5 Å². The van der Waals surface area contributed by atoms with E-state index in [0.717, 1.165) is 52.6 Å². The van der Waals surface area contributed by atoms with Gasteiger partial charge in [0.05, 0.1) is 19.9 Å². The molecule has 3 aromatic rings. The molecule has 0 atom stereocenters. The topological polar surface area (TPSA) is 85.0 Å². The maximum atomic E-state index is 5.32. The van der Waals surface area contributed by atoms with Crippen molar-refractivity contribution in [3.63, 3.8) is 0 Å². The summed E-state index contributed by atoms with van der Waals surface area (Å²) in [6.45, 7) is 2.67. The summed E-state index contributed by atoms with van der Waals surface area (Å²) in [5.41, 5.74) is 3.69. The van der Waals surface area contributed by atoms with E-state index in [4.69, 9.17) is 9.47 Å². The van der Waals surface area contributed by atoms with Gasteiger partial charge in [-0.3, -0.25) is 5.10 Å². The number of aryl methyl sites for hydroxylation is 1. The lowest BCUT2D eigenvalue weighted by molar-refractivity contribution is 0.354. The molecule has 0 fully saturated rings. The molecule has 3 rings (SSSR count). The zero-order valence-corrected chi connectivity index (χ0v) is 13.4. The van der Waals surface area contributed by atoms with E-state index in [9.17, 15) is 0 Å². The molecule has 7 nitrogen and oxygen atoms in total. The minimum Gasteiger partial charge on any atom is -0.493 e. The summed E-state index contributed by atoms with van der Waals surface area (Å²) in [7, 11) is 3.27. The predicted molar refractivity (Wildman–Crippen MR) is 88.2 cm³/mol. The Balaban J connectivity index is 1.69. The van der Waals surface area contributed by atoms with Gasteiger partial charge in [-0.1, -0.05) is 6.07 Å². The minimum atomic E-state index is 0.730. The van der Waals surface area contributed by atoms with Gasteiger partial charge in [0.2, 0.25) is 0 Å². The molecule has 120 valence electrons. The molecule has 0 saturated carbocycles. The summed E-state index contributed by atoms with van der Waals surface area (Å²) >= 11 is 0. The summed E-state index contributed by atoms with van der Waals surface area (Å²) in [5, 5.41) is 10.5. The zero-order chi connectivity index (χ0) is 16.2. The molecule has 0 aliphatic carbocycles. The van der Waals surface area contributed by atoms with Gasteiger partial charge in [0, 0.05) is 6.54 Å². The van der Waals surface area contributed by atoms with E-state index < -0.39 is 0 Å². The molecule has 2 heterocycles. The van der Waals surface area contributed by atoms with E-state index >= 15 is 0 Å². The third kappa shape index (κ3) is 3.03. The first-order chi connectivity index (χ1) is 11.2. The van der Waals surface area contributed by atoms with Crippen LogP contribution in [0.3, 0.4) is 0 Å². The van der Waals surface area contributed by atoms with Crippen LogP contribution >= 0.6 is 0 Å². The van der Waals surface area contributed by atoms with Gasteiger partial charge in [-0.05, 0) is 31.0 Å². The number of aromatic amines is 1. The Bertz CT molecular complexity index is 815. The van der Waals surface area contributed by atoms with Crippen LogP contribution in [0.5, 0.6) is 11.5 Å². The number of rotatable bonds is 6. The van der Waals surface area contributed by atoms with Gasteiger partial charge in [-0.25, -0.2) is 9.97 Å². The Morgan fingerprint density at radius 3 is 2.70 bits per heavy atom. The Morgan fingerprint density at radius 2 is 1.91 bits per heavy atom. The Labute approximate surface area is 134 Å². The molecule has 1 aromatic carbocycles. The number of ether oxygens (including phenoxy) is 2. The molecule has 0 aliphatic heterocycles. The van der Waals surface area contributed by atoms with Crippen LogP contribution in [0.4, 0.5) is 5.82 Å². The second-order valence-corrected chi connectivity index (χ2v) is 5.13. The number of nitrogens with zero attached hydrogens (tertiary/aromatic N) is 3. The van der Waals surface area contributed by atoms with Gasteiger partial charge in [0.25, 0.3) is 0 Å². The summed E-state index contributed by atoms with van der Waals surface area (Å²) < 4.78 is 10.6. The van der Waals surface area contributed by atoms with Crippen LogP contribution in [0.25, 0.3) is 11.0 Å². The number of fused-ring (bicyclic) bond motifs is 1. The Morgan fingerprint density at radius 1 is 1.09 bits per heavy atom. The third-order valence-corrected chi connectivity index (χ3v) is 3.67. The van der Waals surface area contributed by atoms with E-state index in [1.807, 2.05) is 25.1 Å². The quantitative estimate of drug-likeness (QED) is 0.726. The Hall–Kier alpha value is -2.83. The standard InChI is InChI=1S/C16H19N5O2/c1-10-14-15(21-20-10)16(19-9-18-14)17-7-6-11-4-5-12(22-2)13(8-11)23-3/h4-5,8-9H,6-7H2,1-3H3,(H,20,21)(H,17,18,19). The van der Waals surface area contributed by atoms with Gasteiger partial charge in [0.15, 0.2) is 22.8 Å². The van der Waals surface area contributed by atoms with Crippen molar-refractivity contribution in [2.75, 3.05) is 26.1 Å². The van der Waals surface area contributed by atoms with Crippen molar-refractivity contribution < 1.29 is 9.47 Å². The lowest BCUT2D eigenvalue weighted by atomic mass is 10.1. The normalized spacial score (nSPS) is 10.7. The van der Waals surface area contributed by atoms with E-state index in [0.29, 0.717) is 0 Å². The highest BCUT2D eigenvalue weighted by Gasteiger charge is 2.09. The molecule has 0 spiro atoms. The first-order valence-corrected chi connectivity index (χ1v) is 7.33. The van der Waals surface area contributed by atoms with Gasteiger partial charge >= 0.3 is 0 Å². The number of anilines is 1. The molecular weight excluding hydrogens is 294 g/mol. The van der Waals surface area contributed by atoms with Crippen molar-refractivity contribution in [2.45, 2.75) is 13.3 Å². The lowest BCUT2D eigenvalue weighted by Crippen LogP contribution is -2.07. The molecule has 23 heavy (non-hydrogen) atoms. The summed E-state index contributed by atoms with van der Waals surface area (Å²) in [5.74, 6) is 2.20. The highest BCUT2D eigenvalue weighted by atomic mass is 16.5. The van der Waals surface area contributed by atoms with E-state index in [-0.39, 0.29) is 0 Å². The molecule has 7 heteroatoms. The van der Waals surface area contributed by atoms with E-state index in [1.165, 1.54) is 0 Å². The van der Waals surface area contributed by atoms with Crippen LogP contribution in [0.15, 0.2) is 24.5 Å². The molecule has 0 amide bonds. The molecule has 0 saturated heterocycles. The number of nitrogens with one attached hydrogen (secondary N) is 2. The summed E-state index contributed by atoms with van der Waals surface area (Å²) in [6, 6.07) is 5.92. The number of H-pyrrole nitrogens is 1. The van der Waals surface area contributed by atoms with Gasteiger partial charge in [-0.2, -0.15) is 5.10 Å². The van der Waals surface area contributed by atoms with Crippen molar-refractivity contribution in [3.05, 3.63) is 35.8 Å². The third-order valence-electron chi connectivity index (χ3n) is 3.67. The van der Waals surface area contributed by atoms with Crippen molar-refractivity contribution in [1.82, 2.24) is 20.2 Å². The second-order valence-electron chi connectivity index (χ2n) is 5.13. The largest absolute Gasteiger partial charge is 0.493 e. The van der Waals surface area contributed by atoms with Crippen molar-refractivity contribution in [3.8, 4) is 11.5 Å². The first-order valence-electron chi connectivity index (χ1n) is 7.33. The van der Waals surface area contributed by atoms with E-state index in [1.54, 1.807) is 20.5 Å². The molecule has 0 unspecified atom stereocenters. The van der Waals surface area contributed by atoms with Crippen molar-refractivity contribution in [2.24, 2.45) is 0 Å². The fraction of sp³-hybridized carbons (Fsp3) is 0.312. The molecular formula is C16H19N5O2. The maximum Gasteiger partial charge on any atom is 0.160 e. The molecule has 0 bridgehead atoms. The summed E-state index contributed by atoms with van der Waals surface area (Å²) in [4.78, 5) is 8.50. The van der Waals surface area contributed by atoms with Crippen LogP contribution in [-0.2, 0) is 6.42 Å². The van der Waals surface area contributed by atoms with Crippen molar-refractivity contribution in [1.29, 1.82) is 0 Å². The average molecular weight is 313 g/mol. The maximum absolute atomic E-state index is 5.32. The van der Waals surface area contributed by atoms with Crippen molar-refractivity contribution >= 4 is 16.9 Å². The SMILES string of the molecule is COc1ccc(CCNc2ncnc3c(C)[nH]nc23)cc1OC. The number of benzene rings is 1. The molecule has 0 radical (unpaired) electrons.